The molecule has 1 fully saturated rings. The Morgan fingerprint density at radius 3 is 3.11 bits per heavy atom. The molecule has 1 aliphatic rings. The molecule has 18 heavy (non-hydrogen) atoms. The molecule has 1 saturated heterocycles. The highest BCUT2D eigenvalue weighted by Crippen LogP contribution is 2.19. The molecule has 4 nitrogen and oxygen atoms in total. The summed E-state index contributed by atoms with van der Waals surface area (Å²) in [7, 11) is 0. The van der Waals surface area contributed by atoms with Gasteiger partial charge in [0.25, 0.3) is 0 Å². The third-order valence-corrected chi connectivity index (χ3v) is 4.54. The lowest BCUT2D eigenvalue weighted by atomic mass is 10.1. The summed E-state index contributed by atoms with van der Waals surface area (Å²) in [5.74, 6) is 1.91. The lowest BCUT2D eigenvalue weighted by Crippen LogP contribution is -2.41. The summed E-state index contributed by atoms with van der Waals surface area (Å²) in [6.07, 6.45) is 7.99. The summed E-state index contributed by atoms with van der Waals surface area (Å²) < 4.78 is 2.12. The van der Waals surface area contributed by atoms with Gasteiger partial charge in [-0.2, -0.15) is 0 Å². The second-order valence-electron chi connectivity index (χ2n) is 4.92. The van der Waals surface area contributed by atoms with Gasteiger partial charge < -0.3 is 9.88 Å². The Morgan fingerprint density at radius 1 is 1.50 bits per heavy atom. The molecule has 2 heterocycles. The van der Waals surface area contributed by atoms with Crippen LogP contribution in [0.25, 0.3) is 0 Å². The zero-order chi connectivity index (χ0) is 12.8. The summed E-state index contributed by atoms with van der Waals surface area (Å²) >= 11 is 1.85. The molecule has 0 amide bonds. The van der Waals surface area contributed by atoms with Gasteiger partial charge >= 0.3 is 0 Å². The number of aromatic nitrogens is 2. The molecule has 2 unspecified atom stereocenters. The van der Waals surface area contributed by atoms with Crippen molar-refractivity contribution in [1.82, 2.24) is 14.9 Å². The van der Waals surface area contributed by atoms with Gasteiger partial charge in [0.15, 0.2) is 5.17 Å². The zero-order valence-electron chi connectivity index (χ0n) is 11.2. The number of hydrogen-bond donors (Lipinski definition) is 1. The lowest BCUT2D eigenvalue weighted by molar-refractivity contribution is 0.489. The Bertz CT molecular complexity index is 374. The molecule has 0 spiro atoms. The first-order valence-electron chi connectivity index (χ1n) is 6.65. The van der Waals surface area contributed by atoms with E-state index in [0.29, 0.717) is 6.04 Å². The van der Waals surface area contributed by atoms with E-state index in [1.165, 1.54) is 5.75 Å². The van der Waals surface area contributed by atoms with Crippen molar-refractivity contribution in [2.75, 3.05) is 12.3 Å². The van der Waals surface area contributed by atoms with Crippen molar-refractivity contribution < 1.29 is 0 Å². The molecular formula is C13H22N4S. The second kappa shape index (κ2) is 6.83. The fraction of sp³-hybridized carbons (Fsp3) is 0.692. The molecule has 0 radical (unpaired) electrons. The van der Waals surface area contributed by atoms with Crippen molar-refractivity contribution in [2.24, 2.45) is 10.9 Å². The van der Waals surface area contributed by atoms with E-state index < -0.39 is 0 Å². The van der Waals surface area contributed by atoms with Gasteiger partial charge in [0, 0.05) is 37.3 Å². The fourth-order valence-corrected chi connectivity index (χ4v) is 2.99. The molecule has 0 saturated carbocycles. The Morgan fingerprint density at radius 2 is 2.39 bits per heavy atom. The van der Waals surface area contributed by atoms with Gasteiger partial charge in [-0.3, -0.25) is 4.99 Å². The van der Waals surface area contributed by atoms with Crippen LogP contribution in [-0.4, -0.2) is 33.1 Å². The standard InChI is InChI=1S/C13H22N4S/c1-11-9-18-13(16-12(11)2)15-5-3-4-7-17-8-6-14-10-17/h6,8,10-12H,3-5,7,9H2,1-2H3,(H,15,16). The van der Waals surface area contributed by atoms with Crippen LogP contribution in [0.15, 0.2) is 23.7 Å². The molecule has 2 atom stereocenters. The van der Waals surface area contributed by atoms with Crippen LogP contribution >= 0.6 is 11.8 Å². The van der Waals surface area contributed by atoms with E-state index in [0.717, 1.165) is 37.0 Å². The van der Waals surface area contributed by atoms with E-state index in [1.54, 1.807) is 0 Å². The van der Waals surface area contributed by atoms with Gasteiger partial charge in [0.2, 0.25) is 0 Å². The number of rotatable bonds is 5. The fourth-order valence-electron chi connectivity index (χ4n) is 1.83. The first-order chi connectivity index (χ1) is 8.75. The topological polar surface area (TPSA) is 42.2 Å². The van der Waals surface area contributed by atoms with Crippen molar-refractivity contribution in [3.05, 3.63) is 18.7 Å². The van der Waals surface area contributed by atoms with Gasteiger partial charge in [-0.05, 0) is 25.7 Å². The van der Waals surface area contributed by atoms with E-state index in [1.807, 2.05) is 30.5 Å². The van der Waals surface area contributed by atoms with Gasteiger partial charge in [-0.25, -0.2) is 4.98 Å². The maximum atomic E-state index is 4.63. The maximum Gasteiger partial charge on any atom is 0.156 e. The van der Waals surface area contributed by atoms with E-state index in [9.17, 15) is 0 Å². The first-order valence-corrected chi connectivity index (χ1v) is 7.64. The van der Waals surface area contributed by atoms with Crippen LogP contribution in [0.4, 0.5) is 0 Å². The number of aryl methyl sites for hydroxylation is 1. The van der Waals surface area contributed by atoms with E-state index in [4.69, 9.17) is 0 Å². The number of nitrogens with zero attached hydrogens (tertiary/aromatic N) is 3. The third-order valence-electron chi connectivity index (χ3n) is 3.33. The van der Waals surface area contributed by atoms with Gasteiger partial charge in [0.05, 0.1) is 6.33 Å². The van der Waals surface area contributed by atoms with E-state index in [-0.39, 0.29) is 0 Å². The minimum atomic E-state index is 0.552. The number of aliphatic imine (C=N–C) groups is 1. The lowest BCUT2D eigenvalue weighted by Gasteiger charge is -2.28. The Hall–Kier alpha value is -0.970. The quantitative estimate of drug-likeness (QED) is 0.832. The summed E-state index contributed by atoms with van der Waals surface area (Å²) in [5.41, 5.74) is 0. The number of unbranched alkanes of at least 4 members (excludes halogenated alkanes) is 1. The third kappa shape index (κ3) is 4.05. The van der Waals surface area contributed by atoms with Gasteiger partial charge in [-0.1, -0.05) is 18.7 Å². The molecule has 1 aliphatic heterocycles. The molecule has 2 rings (SSSR count). The SMILES string of the molecule is CC1CSC(=NCCCCn2ccnc2)NC1C. The number of imidazole rings is 1. The molecule has 0 bridgehead atoms. The van der Waals surface area contributed by atoms with Crippen LogP contribution in [0.1, 0.15) is 26.7 Å². The van der Waals surface area contributed by atoms with Crippen molar-refractivity contribution in [2.45, 2.75) is 39.3 Å². The van der Waals surface area contributed by atoms with Crippen LogP contribution in [0, 0.1) is 5.92 Å². The Balaban J connectivity index is 1.62. The Labute approximate surface area is 113 Å². The van der Waals surface area contributed by atoms with Gasteiger partial charge in [0.1, 0.15) is 0 Å². The predicted octanol–water partition coefficient (Wildman–Crippen LogP) is 2.38. The number of hydrogen-bond acceptors (Lipinski definition) is 3. The van der Waals surface area contributed by atoms with E-state index in [2.05, 4.69) is 33.7 Å². The molecule has 0 aromatic carbocycles. The summed E-state index contributed by atoms with van der Waals surface area (Å²) in [6, 6.07) is 0.552. The molecule has 1 aromatic rings. The number of amidine groups is 1. The number of nitrogens with one attached hydrogen (secondary N) is 1. The van der Waals surface area contributed by atoms with Crippen molar-refractivity contribution >= 4 is 16.9 Å². The highest BCUT2D eigenvalue weighted by Gasteiger charge is 2.20. The summed E-state index contributed by atoms with van der Waals surface area (Å²) in [6.45, 7) is 6.48. The molecule has 5 heteroatoms. The van der Waals surface area contributed by atoms with Crippen LogP contribution in [-0.2, 0) is 6.54 Å². The zero-order valence-corrected chi connectivity index (χ0v) is 12.0. The molecule has 1 N–H and O–H groups in total. The summed E-state index contributed by atoms with van der Waals surface area (Å²) in [4.78, 5) is 8.66. The highest BCUT2D eigenvalue weighted by atomic mass is 32.2. The predicted molar refractivity (Wildman–Crippen MR) is 78.0 cm³/mol. The minimum Gasteiger partial charge on any atom is -0.362 e. The van der Waals surface area contributed by atoms with Crippen LogP contribution < -0.4 is 5.32 Å². The molecule has 100 valence electrons. The van der Waals surface area contributed by atoms with Crippen molar-refractivity contribution in [3.8, 4) is 0 Å². The summed E-state index contributed by atoms with van der Waals surface area (Å²) in [5, 5.41) is 4.60. The molecule has 1 aromatic heterocycles. The van der Waals surface area contributed by atoms with Gasteiger partial charge in [-0.15, -0.1) is 0 Å². The van der Waals surface area contributed by atoms with Crippen LogP contribution in [0.5, 0.6) is 0 Å². The van der Waals surface area contributed by atoms with Crippen LogP contribution in [0.2, 0.25) is 0 Å². The smallest absolute Gasteiger partial charge is 0.156 e. The molecular weight excluding hydrogens is 244 g/mol. The molecule has 0 aliphatic carbocycles. The maximum absolute atomic E-state index is 4.63. The second-order valence-corrected chi connectivity index (χ2v) is 5.92. The average Bonchev–Trinajstić information content (AvgIpc) is 2.86. The highest BCUT2D eigenvalue weighted by molar-refractivity contribution is 8.13. The number of thioether (sulfide) groups is 1. The largest absolute Gasteiger partial charge is 0.362 e. The Kier molecular flexibility index (Phi) is 5.11. The first kappa shape index (κ1) is 13.5. The van der Waals surface area contributed by atoms with Crippen LogP contribution in [0.3, 0.4) is 0 Å². The van der Waals surface area contributed by atoms with Crippen molar-refractivity contribution in [3.63, 3.8) is 0 Å². The van der Waals surface area contributed by atoms with E-state index >= 15 is 0 Å². The monoisotopic (exact) mass is 266 g/mol. The van der Waals surface area contributed by atoms with Crippen molar-refractivity contribution in [1.29, 1.82) is 0 Å². The minimum absolute atomic E-state index is 0.552. The average molecular weight is 266 g/mol. The normalized spacial score (nSPS) is 26.2.